The van der Waals surface area contributed by atoms with E-state index in [0.717, 1.165) is 48.8 Å². The number of aryl methyl sites for hydroxylation is 1. The van der Waals surface area contributed by atoms with Gasteiger partial charge >= 0.3 is 6.03 Å². The maximum absolute atomic E-state index is 12.0. The molecule has 8 nitrogen and oxygen atoms in total. The first-order valence-corrected chi connectivity index (χ1v) is 8.61. The van der Waals surface area contributed by atoms with Crippen LogP contribution >= 0.6 is 0 Å². The molecule has 2 aliphatic heterocycles. The number of hydrogen-bond acceptors (Lipinski definition) is 5. The number of carbonyl (C=O) groups is 1. The summed E-state index contributed by atoms with van der Waals surface area (Å²) in [5.41, 5.74) is 0.954. The Hall–Kier alpha value is -2.77. The molecule has 1 aromatic carbocycles. The first kappa shape index (κ1) is 15.7. The molecule has 2 aromatic rings. The number of ether oxygens (including phenoxy) is 2. The van der Waals surface area contributed by atoms with Gasteiger partial charge in [0, 0.05) is 19.5 Å². The van der Waals surface area contributed by atoms with Crippen LogP contribution < -0.4 is 20.1 Å². The molecule has 0 aliphatic carbocycles. The standard InChI is InChI=1S/C17H21N5O3/c23-17(18-9-12-5-6-13-14(8-12)25-11-24-13)19-10-16-21-20-15-4-2-1-3-7-22(15)16/h5-6,8H,1-4,7,9-11H2,(H2,18,19,23). The van der Waals surface area contributed by atoms with Gasteiger partial charge in [-0.25, -0.2) is 4.79 Å². The fourth-order valence-electron chi connectivity index (χ4n) is 3.13. The highest BCUT2D eigenvalue weighted by molar-refractivity contribution is 5.73. The molecule has 0 bridgehead atoms. The Labute approximate surface area is 145 Å². The molecular formula is C17H21N5O3. The van der Waals surface area contributed by atoms with Crippen molar-refractivity contribution in [3.63, 3.8) is 0 Å². The molecule has 0 radical (unpaired) electrons. The molecular weight excluding hydrogens is 322 g/mol. The van der Waals surface area contributed by atoms with Crippen molar-refractivity contribution in [1.29, 1.82) is 0 Å². The van der Waals surface area contributed by atoms with Crippen LogP contribution in [0.1, 0.15) is 36.5 Å². The van der Waals surface area contributed by atoms with Crippen LogP contribution in [-0.2, 0) is 26.1 Å². The van der Waals surface area contributed by atoms with Gasteiger partial charge in [-0.05, 0) is 30.5 Å². The quantitative estimate of drug-likeness (QED) is 0.882. The van der Waals surface area contributed by atoms with Crippen molar-refractivity contribution in [2.24, 2.45) is 0 Å². The van der Waals surface area contributed by atoms with Gasteiger partial charge in [-0.15, -0.1) is 10.2 Å². The zero-order valence-electron chi connectivity index (χ0n) is 14.0. The van der Waals surface area contributed by atoms with Crippen molar-refractivity contribution >= 4 is 6.03 Å². The number of fused-ring (bicyclic) bond motifs is 2. The number of aromatic nitrogens is 3. The molecule has 1 aromatic heterocycles. The molecule has 25 heavy (non-hydrogen) atoms. The van der Waals surface area contributed by atoms with E-state index in [1.165, 1.54) is 6.42 Å². The fourth-order valence-corrected chi connectivity index (χ4v) is 3.13. The number of rotatable bonds is 4. The molecule has 2 N–H and O–H groups in total. The molecule has 0 atom stereocenters. The van der Waals surface area contributed by atoms with E-state index >= 15 is 0 Å². The number of nitrogens with one attached hydrogen (secondary N) is 2. The van der Waals surface area contributed by atoms with Gasteiger partial charge in [0.2, 0.25) is 6.79 Å². The number of amides is 2. The van der Waals surface area contributed by atoms with E-state index in [-0.39, 0.29) is 12.8 Å². The Kier molecular flexibility index (Phi) is 4.41. The molecule has 4 rings (SSSR count). The second-order valence-electron chi connectivity index (χ2n) is 6.22. The normalized spacial score (nSPS) is 15.4. The molecule has 0 spiro atoms. The van der Waals surface area contributed by atoms with Crippen molar-refractivity contribution in [3.8, 4) is 11.5 Å². The molecule has 0 saturated carbocycles. The summed E-state index contributed by atoms with van der Waals surface area (Å²) in [6, 6.07) is 5.40. The average molecular weight is 343 g/mol. The fraction of sp³-hybridized carbons (Fsp3) is 0.471. The lowest BCUT2D eigenvalue weighted by atomic mass is 10.2. The second kappa shape index (κ2) is 7.00. The van der Waals surface area contributed by atoms with Gasteiger partial charge < -0.3 is 24.7 Å². The number of benzene rings is 1. The summed E-state index contributed by atoms with van der Waals surface area (Å²) < 4.78 is 12.7. The van der Waals surface area contributed by atoms with E-state index in [1.807, 2.05) is 18.2 Å². The first-order chi connectivity index (χ1) is 12.3. The van der Waals surface area contributed by atoms with Crippen molar-refractivity contribution in [2.75, 3.05) is 6.79 Å². The zero-order chi connectivity index (χ0) is 17.1. The topological polar surface area (TPSA) is 90.3 Å². The van der Waals surface area contributed by atoms with Crippen LogP contribution in [0.3, 0.4) is 0 Å². The van der Waals surface area contributed by atoms with Gasteiger partial charge in [-0.2, -0.15) is 0 Å². The van der Waals surface area contributed by atoms with Crippen molar-refractivity contribution in [2.45, 2.75) is 45.3 Å². The van der Waals surface area contributed by atoms with Gasteiger partial charge in [0.1, 0.15) is 5.82 Å². The van der Waals surface area contributed by atoms with Crippen LogP contribution in [0.25, 0.3) is 0 Å². The van der Waals surface area contributed by atoms with E-state index in [0.29, 0.717) is 18.8 Å². The monoisotopic (exact) mass is 343 g/mol. The Morgan fingerprint density at radius 2 is 1.96 bits per heavy atom. The summed E-state index contributed by atoms with van der Waals surface area (Å²) in [5, 5.41) is 14.1. The maximum Gasteiger partial charge on any atom is 0.315 e. The van der Waals surface area contributed by atoms with E-state index < -0.39 is 0 Å². The number of carbonyl (C=O) groups excluding carboxylic acids is 1. The Balaban J connectivity index is 1.29. The van der Waals surface area contributed by atoms with Crippen molar-refractivity contribution in [3.05, 3.63) is 35.4 Å². The minimum absolute atomic E-state index is 0.233. The molecule has 2 amide bonds. The summed E-state index contributed by atoms with van der Waals surface area (Å²) >= 11 is 0. The Morgan fingerprint density at radius 3 is 2.92 bits per heavy atom. The van der Waals surface area contributed by atoms with Crippen LogP contribution in [0.2, 0.25) is 0 Å². The minimum Gasteiger partial charge on any atom is -0.454 e. The van der Waals surface area contributed by atoms with Crippen LogP contribution in [-0.4, -0.2) is 27.6 Å². The summed E-state index contributed by atoms with van der Waals surface area (Å²) in [7, 11) is 0. The third-order valence-electron chi connectivity index (χ3n) is 4.48. The molecule has 132 valence electrons. The van der Waals surface area contributed by atoms with Gasteiger partial charge in [0.05, 0.1) is 6.54 Å². The van der Waals surface area contributed by atoms with E-state index in [4.69, 9.17) is 9.47 Å². The molecule has 8 heteroatoms. The lowest BCUT2D eigenvalue weighted by Crippen LogP contribution is -2.35. The predicted molar refractivity (Wildman–Crippen MR) is 89.2 cm³/mol. The van der Waals surface area contributed by atoms with E-state index in [9.17, 15) is 4.79 Å². The van der Waals surface area contributed by atoms with Crippen LogP contribution in [0.15, 0.2) is 18.2 Å². The third-order valence-corrected chi connectivity index (χ3v) is 4.48. The molecule has 0 saturated heterocycles. The third kappa shape index (κ3) is 3.52. The van der Waals surface area contributed by atoms with E-state index in [1.54, 1.807) is 0 Å². The first-order valence-electron chi connectivity index (χ1n) is 8.61. The smallest absolute Gasteiger partial charge is 0.315 e. The minimum atomic E-state index is -0.233. The second-order valence-corrected chi connectivity index (χ2v) is 6.22. The zero-order valence-corrected chi connectivity index (χ0v) is 14.0. The largest absolute Gasteiger partial charge is 0.454 e. The lowest BCUT2D eigenvalue weighted by Gasteiger charge is -2.10. The Morgan fingerprint density at radius 1 is 1.08 bits per heavy atom. The van der Waals surface area contributed by atoms with Crippen molar-refractivity contribution in [1.82, 2.24) is 25.4 Å². The number of hydrogen-bond donors (Lipinski definition) is 2. The highest BCUT2D eigenvalue weighted by atomic mass is 16.7. The summed E-state index contributed by atoms with van der Waals surface area (Å²) in [5.74, 6) is 3.29. The maximum atomic E-state index is 12.0. The van der Waals surface area contributed by atoms with Gasteiger partial charge in [-0.3, -0.25) is 0 Å². The van der Waals surface area contributed by atoms with Gasteiger partial charge in [0.15, 0.2) is 17.3 Å². The summed E-state index contributed by atoms with van der Waals surface area (Å²) in [6.45, 7) is 1.97. The highest BCUT2D eigenvalue weighted by Gasteiger charge is 2.16. The molecule has 2 aliphatic rings. The molecule has 0 unspecified atom stereocenters. The van der Waals surface area contributed by atoms with Crippen molar-refractivity contribution < 1.29 is 14.3 Å². The summed E-state index contributed by atoms with van der Waals surface area (Å²) in [4.78, 5) is 12.0. The van der Waals surface area contributed by atoms with Crippen LogP contribution in [0, 0.1) is 0 Å². The average Bonchev–Trinajstić information content (AvgIpc) is 3.18. The molecule has 0 fully saturated rings. The van der Waals surface area contributed by atoms with Crippen LogP contribution in [0.5, 0.6) is 11.5 Å². The summed E-state index contributed by atoms with van der Waals surface area (Å²) in [6.07, 6.45) is 4.46. The van der Waals surface area contributed by atoms with Gasteiger partial charge in [0.25, 0.3) is 0 Å². The Bertz CT molecular complexity index is 774. The molecule has 3 heterocycles. The predicted octanol–water partition coefficient (Wildman–Crippen LogP) is 1.73. The number of urea groups is 1. The van der Waals surface area contributed by atoms with Crippen LogP contribution in [0.4, 0.5) is 4.79 Å². The van der Waals surface area contributed by atoms with E-state index in [2.05, 4.69) is 25.4 Å². The van der Waals surface area contributed by atoms with Gasteiger partial charge in [-0.1, -0.05) is 12.5 Å². The number of nitrogens with zero attached hydrogens (tertiary/aromatic N) is 3. The SMILES string of the molecule is O=C(NCc1ccc2c(c1)OCO2)NCc1nnc2n1CCCCC2. The highest BCUT2D eigenvalue weighted by Crippen LogP contribution is 2.32. The lowest BCUT2D eigenvalue weighted by molar-refractivity contribution is 0.174.